The number of carbonyl (C=O) groups excluding carboxylic acids is 1. The van der Waals surface area contributed by atoms with Gasteiger partial charge in [0, 0.05) is 13.2 Å². The summed E-state index contributed by atoms with van der Waals surface area (Å²) in [6.07, 6.45) is 3.80. The Balaban J connectivity index is 2.12. The van der Waals surface area contributed by atoms with Gasteiger partial charge in [-0.25, -0.2) is 0 Å². The molecule has 0 aliphatic rings. The first-order valence-corrected chi connectivity index (χ1v) is 5.89. The van der Waals surface area contributed by atoms with E-state index in [0.717, 1.165) is 16.8 Å². The molecule has 2 aromatic rings. The van der Waals surface area contributed by atoms with E-state index in [1.165, 1.54) is 0 Å². The van der Waals surface area contributed by atoms with Crippen LogP contribution in [0.4, 0.5) is 5.69 Å². The van der Waals surface area contributed by atoms with Crippen molar-refractivity contribution in [2.75, 3.05) is 11.9 Å². The molecule has 0 aliphatic heterocycles. The lowest BCUT2D eigenvalue weighted by Crippen LogP contribution is -2.28. The van der Waals surface area contributed by atoms with E-state index in [1.54, 1.807) is 24.3 Å². The smallest absolute Gasteiger partial charge is 0.231 e. The summed E-state index contributed by atoms with van der Waals surface area (Å²) in [7, 11) is 1.78. The van der Waals surface area contributed by atoms with Crippen LogP contribution in [0.15, 0.2) is 48.8 Å². The van der Waals surface area contributed by atoms with Crippen molar-refractivity contribution in [2.45, 2.75) is 13.3 Å². The second kappa shape index (κ2) is 5.45. The number of pyridine rings is 1. The summed E-state index contributed by atoms with van der Waals surface area (Å²) in [6.45, 7) is 2.02. The molecule has 92 valence electrons. The Kier molecular flexibility index (Phi) is 3.72. The number of aromatic nitrogens is 1. The van der Waals surface area contributed by atoms with E-state index in [-0.39, 0.29) is 5.91 Å². The minimum Gasteiger partial charge on any atom is -0.314 e. The summed E-state index contributed by atoms with van der Waals surface area (Å²) in [5, 5.41) is 0. The molecule has 18 heavy (non-hydrogen) atoms. The summed E-state index contributed by atoms with van der Waals surface area (Å²) in [4.78, 5) is 17.8. The van der Waals surface area contributed by atoms with Crippen molar-refractivity contribution in [3.8, 4) is 0 Å². The van der Waals surface area contributed by atoms with E-state index in [4.69, 9.17) is 0 Å². The molecular weight excluding hydrogens is 224 g/mol. The Morgan fingerprint density at radius 3 is 2.67 bits per heavy atom. The SMILES string of the molecule is Cc1ccccc1CC(=O)N(C)c1cccnc1. The molecule has 1 heterocycles. The molecule has 2 rings (SSSR count). The Labute approximate surface area is 107 Å². The summed E-state index contributed by atoms with van der Waals surface area (Å²) >= 11 is 0. The quantitative estimate of drug-likeness (QED) is 0.826. The number of amides is 1. The van der Waals surface area contributed by atoms with Gasteiger partial charge in [-0.05, 0) is 30.2 Å². The van der Waals surface area contributed by atoms with Gasteiger partial charge in [0.05, 0.1) is 18.3 Å². The maximum absolute atomic E-state index is 12.2. The number of hydrogen-bond acceptors (Lipinski definition) is 2. The van der Waals surface area contributed by atoms with Gasteiger partial charge in [-0.2, -0.15) is 0 Å². The molecule has 0 N–H and O–H groups in total. The maximum atomic E-state index is 12.2. The predicted octanol–water partition coefficient (Wildman–Crippen LogP) is 2.60. The highest BCUT2D eigenvalue weighted by Crippen LogP contribution is 2.13. The lowest BCUT2D eigenvalue weighted by Gasteiger charge is -2.17. The van der Waals surface area contributed by atoms with Gasteiger partial charge in [0.2, 0.25) is 5.91 Å². The van der Waals surface area contributed by atoms with Gasteiger partial charge in [0.1, 0.15) is 0 Å². The molecule has 0 radical (unpaired) electrons. The fourth-order valence-electron chi connectivity index (χ4n) is 1.79. The largest absolute Gasteiger partial charge is 0.314 e. The molecule has 0 saturated carbocycles. The van der Waals surface area contributed by atoms with Crippen LogP contribution >= 0.6 is 0 Å². The highest BCUT2D eigenvalue weighted by atomic mass is 16.2. The fraction of sp³-hybridized carbons (Fsp3) is 0.200. The number of carbonyl (C=O) groups is 1. The van der Waals surface area contributed by atoms with Gasteiger partial charge < -0.3 is 4.90 Å². The molecule has 1 amide bonds. The normalized spacial score (nSPS) is 10.1. The predicted molar refractivity (Wildman–Crippen MR) is 72.5 cm³/mol. The highest BCUT2D eigenvalue weighted by Gasteiger charge is 2.12. The van der Waals surface area contributed by atoms with Crippen molar-refractivity contribution in [2.24, 2.45) is 0 Å². The third-order valence-corrected chi connectivity index (χ3v) is 3.01. The van der Waals surface area contributed by atoms with E-state index in [9.17, 15) is 4.79 Å². The van der Waals surface area contributed by atoms with Crippen molar-refractivity contribution in [1.82, 2.24) is 4.98 Å². The number of rotatable bonds is 3. The van der Waals surface area contributed by atoms with Crippen molar-refractivity contribution in [1.29, 1.82) is 0 Å². The summed E-state index contributed by atoms with van der Waals surface area (Å²) in [6, 6.07) is 11.7. The van der Waals surface area contributed by atoms with Gasteiger partial charge in [0.25, 0.3) is 0 Å². The third kappa shape index (κ3) is 2.74. The maximum Gasteiger partial charge on any atom is 0.231 e. The molecule has 3 nitrogen and oxygen atoms in total. The van der Waals surface area contributed by atoms with Crippen LogP contribution in [0.25, 0.3) is 0 Å². The van der Waals surface area contributed by atoms with Crippen molar-refractivity contribution < 1.29 is 4.79 Å². The van der Waals surface area contributed by atoms with Crippen LogP contribution in [-0.2, 0) is 11.2 Å². The topological polar surface area (TPSA) is 33.2 Å². The van der Waals surface area contributed by atoms with Crippen LogP contribution in [0, 0.1) is 6.92 Å². The Hall–Kier alpha value is -2.16. The standard InChI is InChI=1S/C15H16N2O/c1-12-6-3-4-7-13(12)10-15(18)17(2)14-8-5-9-16-11-14/h3-9,11H,10H2,1-2H3. The number of benzene rings is 1. The number of anilines is 1. The summed E-state index contributed by atoms with van der Waals surface area (Å²) in [5.41, 5.74) is 3.03. The number of likely N-dealkylation sites (N-methyl/N-ethyl adjacent to an activating group) is 1. The Morgan fingerprint density at radius 2 is 2.00 bits per heavy atom. The van der Waals surface area contributed by atoms with Crippen molar-refractivity contribution >= 4 is 11.6 Å². The van der Waals surface area contributed by atoms with Crippen LogP contribution in [-0.4, -0.2) is 17.9 Å². The molecule has 0 bridgehead atoms. The molecule has 0 fully saturated rings. The zero-order valence-electron chi connectivity index (χ0n) is 10.6. The minimum absolute atomic E-state index is 0.0669. The lowest BCUT2D eigenvalue weighted by atomic mass is 10.1. The average Bonchev–Trinajstić information content (AvgIpc) is 2.41. The van der Waals surface area contributed by atoms with Crippen LogP contribution in [0.1, 0.15) is 11.1 Å². The summed E-state index contributed by atoms with van der Waals surface area (Å²) < 4.78 is 0. The molecule has 0 aliphatic carbocycles. The zero-order chi connectivity index (χ0) is 13.0. The van der Waals surface area contributed by atoms with Crippen molar-refractivity contribution in [3.63, 3.8) is 0 Å². The zero-order valence-corrected chi connectivity index (χ0v) is 10.6. The molecule has 3 heteroatoms. The fourth-order valence-corrected chi connectivity index (χ4v) is 1.79. The Morgan fingerprint density at radius 1 is 1.22 bits per heavy atom. The van der Waals surface area contributed by atoms with E-state index in [0.29, 0.717) is 6.42 Å². The molecule has 0 saturated heterocycles. The first kappa shape index (κ1) is 12.3. The van der Waals surface area contributed by atoms with Crippen LogP contribution in [0.2, 0.25) is 0 Å². The summed E-state index contributed by atoms with van der Waals surface area (Å²) in [5.74, 6) is 0.0669. The van der Waals surface area contributed by atoms with E-state index in [1.807, 2.05) is 43.3 Å². The van der Waals surface area contributed by atoms with Crippen molar-refractivity contribution in [3.05, 3.63) is 59.9 Å². The van der Waals surface area contributed by atoms with Gasteiger partial charge >= 0.3 is 0 Å². The molecular formula is C15H16N2O. The second-order valence-corrected chi connectivity index (χ2v) is 4.27. The number of nitrogens with zero attached hydrogens (tertiary/aromatic N) is 2. The molecule has 0 spiro atoms. The van der Waals surface area contributed by atoms with Crippen LogP contribution < -0.4 is 4.90 Å². The van der Waals surface area contributed by atoms with E-state index in [2.05, 4.69) is 4.98 Å². The second-order valence-electron chi connectivity index (χ2n) is 4.27. The molecule has 0 unspecified atom stereocenters. The minimum atomic E-state index is 0.0669. The lowest BCUT2D eigenvalue weighted by molar-refractivity contribution is -0.117. The number of hydrogen-bond donors (Lipinski definition) is 0. The van der Waals surface area contributed by atoms with E-state index >= 15 is 0 Å². The highest BCUT2D eigenvalue weighted by molar-refractivity contribution is 5.94. The molecule has 0 atom stereocenters. The third-order valence-electron chi connectivity index (χ3n) is 3.01. The number of aryl methyl sites for hydroxylation is 1. The first-order chi connectivity index (χ1) is 8.68. The van der Waals surface area contributed by atoms with Gasteiger partial charge in [0.15, 0.2) is 0 Å². The average molecular weight is 240 g/mol. The molecule has 1 aromatic carbocycles. The first-order valence-electron chi connectivity index (χ1n) is 5.89. The van der Waals surface area contributed by atoms with E-state index < -0.39 is 0 Å². The van der Waals surface area contributed by atoms with Gasteiger partial charge in [-0.3, -0.25) is 9.78 Å². The molecule has 1 aromatic heterocycles. The van der Waals surface area contributed by atoms with Crippen LogP contribution in [0.3, 0.4) is 0 Å². The van der Waals surface area contributed by atoms with Crippen LogP contribution in [0.5, 0.6) is 0 Å². The Bertz CT molecular complexity index is 537. The van der Waals surface area contributed by atoms with Gasteiger partial charge in [-0.1, -0.05) is 24.3 Å². The van der Waals surface area contributed by atoms with Gasteiger partial charge in [-0.15, -0.1) is 0 Å². The monoisotopic (exact) mass is 240 g/mol.